The molecule has 0 N–H and O–H groups in total. The van der Waals surface area contributed by atoms with Crippen LogP contribution in [0.4, 0.5) is 17.6 Å². The number of esters is 1. The topological polar surface area (TPSA) is 40.5 Å². The Morgan fingerprint density at radius 2 is 1.94 bits per heavy atom. The van der Waals surface area contributed by atoms with Crippen LogP contribution in [0, 0.1) is 5.82 Å². The maximum Gasteiger partial charge on any atom is 0.418 e. The zero-order chi connectivity index (χ0) is 23.9. The summed E-state index contributed by atoms with van der Waals surface area (Å²) in [6.07, 6.45) is -6.38. The van der Waals surface area contributed by atoms with Crippen LogP contribution < -0.4 is 0 Å². The van der Waals surface area contributed by atoms with Crippen LogP contribution in [-0.4, -0.2) is 30.9 Å². The standard InChI is InChI=1S/C23H20ClF4NO3S/c1-31-18(30)9-12-7-8-29-17-11-14(25)10-16(22(32-2)23(26,27)28)19(17)21(20(12)29)33-15-5-3-13(24)4-6-15/h3-6,10-12,22H,7-9H2,1-2H3. The number of carbonyl (C=O) groups is 1. The van der Waals surface area contributed by atoms with E-state index in [0.717, 1.165) is 18.1 Å². The third-order valence-corrected chi connectivity index (χ3v) is 7.11. The molecule has 0 spiro atoms. The van der Waals surface area contributed by atoms with Gasteiger partial charge in [-0.05, 0) is 42.8 Å². The van der Waals surface area contributed by atoms with E-state index in [4.69, 9.17) is 21.1 Å². The Bertz CT molecular complexity index is 1190. The lowest BCUT2D eigenvalue weighted by Gasteiger charge is -2.21. The Morgan fingerprint density at radius 1 is 1.24 bits per heavy atom. The van der Waals surface area contributed by atoms with Crippen molar-refractivity contribution in [3.8, 4) is 0 Å². The molecule has 4 rings (SSSR count). The zero-order valence-corrected chi connectivity index (χ0v) is 19.3. The molecule has 2 heterocycles. The van der Waals surface area contributed by atoms with Gasteiger partial charge < -0.3 is 14.0 Å². The molecule has 0 fully saturated rings. The summed E-state index contributed by atoms with van der Waals surface area (Å²) in [6.45, 7) is 0.446. The van der Waals surface area contributed by atoms with E-state index in [1.165, 1.54) is 24.9 Å². The average Bonchev–Trinajstić information content (AvgIpc) is 3.28. The molecule has 0 saturated carbocycles. The third-order valence-electron chi connectivity index (χ3n) is 5.73. The number of alkyl halides is 3. The minimum atomic E-state index is -4.74. The van der Waals surface area contributed by atoms with Gasteiger partial charge >= 0.3 is 12.1 Å². The largest absolute Gasteiger partial charge is 0.469 e. The Labute approximate surface area is 196 Å². The number of carbonyl (C=O) groups excluding carboxylic acids is 1. The lowest BCUT2D eigenvalue weighted by Crippen LogP contribution is -2.23. The Hall–Kier alpha value is -2.23. The van der Waals surface area contributed by atoms with Gasteiger partial charge in [-0.3, -0.25) is 4.79 Å². The predicted octanol–water partition coefficient (Wildman–Crippen LogP) is 6.89. The van der Waals surface area contributed by atoms with Gasteiger partial charge in [-0.2, -0.15) is 13.2 Å². The molecule has 0 amide bonds. The number of aryl methyl sites for hydroxylation is 1. The second kappa shape index (κ2) is 9.19. The van der Waals surface area contributed by atoms with Crippen LogP contribution in [0.1, 0.15) is 36.1 Å². The van der Waals surface area contributed by atoms with Crippen LogP contribution in [0.25, 0.3) is 10.9 Å². The molecule has 0 bridgehead atoms. The molecule has 1 aromatic heterocycles. The summed E-state index contributed by atoms with van der Waals surface area (Å²) in [5, 5.41) is 0.791. The summed E-state index contributed by atoms with van der Waals surface area (Å²) < 4.78 is 67.5. The first kappa shape index (κ1) is 23.9. The monoisotopic (exact) mass is 501 g/mol. The number of benzene rings is 2. The van der Waals surface area contributed by atoms with Crippen LogP contribution in [0.15, 0.2) is 46.2 Å². The number of ether oxygens (including phenoxy) is 2. The van der Waals surface area contributed by atoms with Crippen LogP contribution in [0.5, 0.6) is 0 Å². The molecular weight excluding hydrogens is 482 g/mol. The molecule has 2 unspecified atom stereocenters. The summed E-state index contributed by atoms with van der Waals surface area (Å²) in [5.41, 5.74) is 0.740. The van der Waals surface area contributed by atoms with Crippen molar-refractivity contribution in [2.24, 2.45) is 0 Å². The molecule has 0 saturated heterocycles. The van der Waals surface area contributed by atoms with Crippen molar-refractivity contribution < 1.29 is 31.8 Å². The number of methoxy groups -OCH3 is 2. The number of hydrogen-bond donors (Lipinski definition) is 0. The molecule has 0 aliphatic carbocycles. The average molecular weight is 502 g/mol. The van der Waals surface area contributed by atoms with E-state index in [0.29, 0.717) is 34.1 Å². The fraction of sp³-hybridized carbons (Fsp3) is 0.348. The minimum absolute atomic E-state index is 0.0752. The summed E-state index contributed by atoms with van der Waals surface area (Å²) >= 11 is 7.24. The third kappa shape index (κ3) is 4.58. The number of aromatic nitrogens is 1. The first-order valence-corrected chi connectivity index (χ1v) is 11.3. The van der Waals surface area contributed by atoms with Gasteiger partial charge in [-0.25, -0.2) is 4.39 Å². The summed E-state index contributed by atoms with van der Waals surface area (Å²) in [5.74, 6) is -1.48. The number of rotatable bonds is 6. The number of halogens is 5. The molecule has 176 valence electrons. The van der Waals surface area contributed by atoms with Crippen molar-refractivity contribution in [1.29, 1.82) is 0 Å². The highest BCUT2D eigenvalue weighted by molar-refractivity contribution is 7.99. The van der Waals surface area contributed by atoms with E-state index in [2.05, 4.69) is 0 Å². The van der Waals surface area contributed by atoms with Gasteiger partial charge in [0.15, 0.2) is 6.10 Å². The molecule has 0 radical (unpaired) electrons. The molecule has 2 aromatic carbocycles. The Morgan fingerprint density at radius 3 is 2.55 bits per heavy atom. The molecule has 33 heavy (non-hydrogen) atoms. The number of fused-ring (bicyclic) bond motifs is 3. The molecular formula is C23H20ClF4NO3S. The van der Waals surface area contributed by atoms with Gasteiger partial charge in [0.25, 0.3) is 0 Å². The Kier molecular flexibility index (Phi) is 6.66. The van der Waals surface area contributed by atoms with E-state index in [1.54, 1.807) is 28.8 Å². The lowest BCUT2D eigenvalue weighted by molar-refractivity contribution is -0.215. The second-order valence-corrected chi connectivity index (χ2v) is 9.25. The van der Waals surface area contributed by atoms with Crippen LogP contribution in [0.3, 0.4) is 0 Å². The lowest BCUT2D eigenvalue weighted by atomic mass is 9.98. The van der Waals surface area contributed by atoms with E-state index in [-0.39, 0.29) is 23.3 Å². The SMILES string of the molecule is COC(=O)CC1CCn2c1c(Sc1ccc(Cl)cc1)c1c(C(OC)C(F)(F)F)cc(F)cc12. The van der Waals surface area contributed by atoms with Gasteiger partial charge in [0.05, 0.1) is 19.0 Å². The highest BCUT2D eigenvalue weighted by atomic mass is 35.5. The summed E-state index contributed by atoms with van der Waals surface area (Å²) in [7, 11) is 2.24. The van der Waals surface area contributed by atoms with Crippen LogP contribution in [-0.2, 0) is 20.8 Å². The fourth-order valence-electron chi connectivity index (χ4n) is 4.37. The van der Waals surface area contributed by atoms with Gasteiger partial charge in [-0.1, -0.05) is 23.4 Å². The fourth-order valence-corrected chi connectivity index (χ4v) is 5.71. The molecule has 10 heteroatoms. The van der Waals surface area contributed by atoms with Crippen molar-refractivity contribution in [2.45, 2.75) is 47.4 Å². The van der Waals surface area contributed by atoms with Crippen LogP contribution in [0.2, 0.25) is 5.02 Å². The molecule has 1 aliphatic rings. The van der Waals surface area contributed by atoms with E-state index in [9.17, 15) is 22.4 Å². The zero-order valence-electron chi connectivity index (χ0n) is 17.7. The molecule has 3 aromatic rings. The minimum Gasteiger partial charge on any atom is -0.469 e. The maximum absolute atomic E-state index is 14.6. The molecule has 2 atom stereocenters. The van der Waals surface area contributed by atoms with Gasteiger partial charge in [0, 0.05) is 51.0 Å². The maximum atomic E-state index is 14.6. The number of hydrogen-bond acceptors (Lipinski definition) is 4. The van der Waals surface area contributed by atoms with E-state index >= 15 is 0 Å². The quantitative estimate of drug-likeness (QED) is 0.272. The molecule has 4 nitrogen and oxygen atoms in total. The first-order chi connectivity index (χ1) is 15.6. The van der Waals surface area contributed by atoms with Gasteiger partial charge in [-0.15, -0.1) is 0 Å². The van der Waals surface area contributed by atoms with Crippen molar-refractivity contribution in [3.63, 3.8) is 0 Å². The Balaban J connectivity index is 1.98. The summed E-state index contributed by atoms with van der Waals surface area (Å²) in [4.78, 5) is 13.3. The predicted molar refractivity (Wildman–Crippen MR) is 117 cm³/mol. The van der Waals surface area contributed by atoms with Gasteiger partial charge in [0.1, 0.15) is 5.82 Å². The second-order valence-electron chi connectivity index (χ2n) is 7.73. The van der Waals surface area contributed by atoms with E-state index in [1.807, 2.05) is 0 Å². The van der Waals surface area contributed by atoms with Crippen molar-refractivity contribution in [2.75, 3.05) is 14.2 Å². The molecule has 1 aliphatic heterocycles. The first-order valence-electron chi connectivity index (χ1n) is 10.1. The van der Waals surface area contributed by atoms with Crippen LogP contribution >= 0.6 is 23.4 Å². The van der Waals surface area contributed by atoms with E-state index < -0.39 is 24.1 Å². The highest BCUT2D eigenvalue weighted by Crippen LogP contribution is 2.50. The smallest absolute Gasteiger partial charge is 0.418 e. The van der Waals surface area contributed by atoms with Gasteiger partial charge in [0.2, 0.25) is 0 Å². The normalized spacial score (nSPS) is 16.8. The van der Waals surface area contributed by atoms with Crippen molar-refractivity contribution >= 4 is 40.2 Å². The summed E-state index contributed by atoms with van der Waals surface area (Å²) in [6, 6.07) is 8.99. The number of nitrogens with zero attached hydrogens (tertiary/aromatic N) is 1. The van der Waals surface area contributed by atoms with Crippen molar-refractivity contribution in [3.05, 3.63) is 58.5 Å². The van der Waals surface area contributed by atoms with Crippen molar-refractivity contribution in [1.82, 2.24) is 4.57 Å². The highest BCUT2D eigenvalue weighted by Gasteiger charge is 2.44.